The Morgan fingerprint density at radius 2 is 1.32 bits per heavy atom. The first-order valence-electron chi connectivity index (χ1n) is 12.5. The Kier molecular flexibility index (Phi) is 7.13. The molecule has 0 saturated heterocycles. The van der Waals surface area contributed by atoms with Gasteiger partial charge in [-0.05, 0) is 79.2 Å². The van der Waals surface area contributed by atoms with Gasteiger partial charge >= 0.3 is 0 Å². The van der Waals surface area contributed by atoms with Gasteiger partial charge in [0.25, 0.3) is 0 Å². The fourth-order valence-electron chi connectivity index (χ4n) is 7.03. The average molecular weight is 385 g/mol. The normalized spacial score (nSPS) is 36.1. The lowest BCUT2D eigenvalue weighted by atomic mass is 9.63. The smallest absolute Gasteiger partial charge is 0.126 e. The molecule has 3 aliphatic carbocycles. The molecular weight excluding hydrogens is 343 g/mol. The van der Waals surface area contributed by atoms with Crippen LogP contribution in [-0.4, -0.2) is 0 Å². The minimum absolute atomic E-state index is 0.0216. The van der Waals surface area contributed by atoms with E-state index in [2.05, 4.69) is 6.92 Å². The maximum Gasteiger partial charge on any atom is 0.126 e. The average Bonchev–Trinajstić information content (AvgIpc) is 2.73. The Labute approximate surface area is 172 Å². The van der Waals surface area contributed by atoms with Crippen LogP contribution in [0.5, 0.6) is 0 Å². The van der Waals surface area contributed by atoms with Crippen LogP contribution in [-0.2, 0) is 0 Å². The van der Waals surface area contributed by atoms with E-state index in [0.717, 1.165) is 35.2 Å². The molecule has 0 radical (unpaired) electrons. The molecule has 3 fully saturated rings. The predicted molar refractivity (Wildman–Crippen MR) is 117 cm³/mol. The maximum atomic E-state index is 14.2. The second-order valence-corrected chi connectivity index (χ2v) is 10.5. The first-order valence-corrected chi connectivity index (χ1v) is 12.5. The summed E-state index contributed by atoms with van der Waals surface area (Å²) >= 11 is 0. The number of benzene rings is 1. The summed E-state index contributed by atoms with van der Waals surface area (Å²) in [4.78, 5) is 0. The molecule has 4 atom stereocenters. The summed E-state index contributed by atoms with van der Waals surface area (Å²) in [6, 6.07) is 7.51. The number of fused-ring (bicyclic) bond motifs is 1. The maximum absolute atomic E-state index is 14.2. The van der Waals surface area contributed by atoms with Gasteiger partial charge in [0.15, 0.2) is 0 Å². The Morgan fingerprint density at radius 3 is 2.07 bits per heavy atom. The van der Waals surface area contributed by atoms with E-state index >= 15 is 0 Å². The van der Waals surface area contributed by atoms with Crippen molar-refractivity contribution in [2.45, 2.75) is 103 Å². The van der Waals surface area contributed by atoms with Crippen LogP contribution in [0.2, 0.25) is 0 Å². The summed E-state index contributed by atoms with van der Waals surface area (Å²) in [5, 5.41) is 0. The molecule has 156 valence electrons. The molecule has 0 spiro atoms. The Morgan fingerprint density at radius 1 is 0.714 bits per heavy atom. The minimum atomic E-state index is 0.0216. The van der Waals surface area contributed by atoms with Crippen LogP contribution in [0, 0.1) is 35.4 Å². The number of hydrogen-bond acceptors (Lipinski definition) is 0. The fourth-order valence-corrected chi connectivity index (χ4v) is 7.03. The molecule has 0 bridgehead atoms. The molecule has 0 aliphatic heterocycles. The molecule has 3 saturated carbocycles. The minimum Gasteiger partial charge on any atom is -0.207 e. The van der Waals surface area contributed by atoms with E-state index in [9.17, 15) is 4.39 Å². The van der Waals surface area contributed by atoms with Gasteiger partial charge in [0.2, 0.25) is 0 Å². The number of hydrogen-bond donors (Lipinski definition) is 0. The van der Waals surface area contributed by atoms with Crippen molar-refractivity contribution < 1.29 is 4.39 Å². The second-order valence-electron chi connectivity index (χ2n) is 10.5. The van der Waals surface area contributed by atoms with Gasteiger partial charge in [-0.3, -0.25) is 0 Å². The molecule has 0 heterocycles. The zero-order chi connectivity index (χ0) is 19.3. The molecule has 4 unspecified atom stereocenters. The third-order valence-electron chi connectivity index (χ3n) is 8.71. The molecule has 0 N–H and O–H groups in total. The van der Waals surface area contributed by atoms with Gasteiger partial charge < -0.3 is 0 Å². The summed E-state index contributed by atoms with van der Waals surface area (Å²) in [7, 11) is 0. The van der Waals surface area contributed by atoms with Gasteiger partial charge in [-0.25, -0.2) is 4.39 Å². The van der Waals surface area contributed by atoms with Crippen LogP contribution in [0.15, 0.2) is 24.3 Å². The quantitative estimate of drug-likeness (QED) is 0.461. The van der Waals surface area contributed by atoms with Crippen molar-refractivity contribution in [3.8, 4) is 0 Å². The van der Waals surface area contributed by atoms with Crippen LogP contribution in [0.25, 0.3) is 0 Å². The Hall–Kier alpha value is -0.850. The zero-order valence-corrected chi connectivity index (χ0v) is 18.1. The Balaban J connectivity index is 1.21. The highest BCUT2D eigenvalue weighted by Crippen LogP contribution is 2.49. The lowest BCUT2D eigenvalue weighted by molar-refractivity contribution is 0.108. The first kappa shape index (κ1) is 20.4. The monoisotopic (exact) mass is 384 g/mol. The van der Waals surface area contributed by atoms with Gasteiger partial charge in [-0.2, -0.15) is 0 Å². The van der Waals surface area contributed by atoms with Crippen molar-refractivity contribution in [3.63, 3.8) is 0 Å². The number of halogens is 1. The zero-order valence-electron chi connectivity index (χ0n) is 18.1. The van der Waals surface area contributed by atoms with Crippen molar-refractivity contribution in [2.75, 3.05) is 0 Å². The molecule has 1 aromatic carbocycles. The third kappa shape index (κ3) is 5.00. The fraction of sp³-hybridized carbons (Fsp3) is 0.778. The van der Waals surface area contributed by atoms with E-state index in [1.807, 2.05) is 18.2 Å². The SMILES string of the molecule is CCCC1CCC(CCC2CCC3CC(c4ccccc4F)CCC3C2)CC1. The van der Waals surface area contributed by atoms with Crippen molar-refractivity contribution in [1.82, 2.24) is 0 Å². The summed E-state index contributed by atoms with van der Waals surface area (Å²) in [6.45, 7) is 2.34. The van der Waals surface area contributed by atoms with E-state index in [4.69, 9.17) is 0 Å². The van der Waals surface area contributed by atoms with Crippen molar-refractivity contribution >= 4 is 0 Å². The molecule has 28 heavy (non-hydrogen) atoms. The van der Waals surface area contributed by atoms with Gasteiger partial charge in [0, 0.05) is 0 Å². The topological polar surface area (TPSA) is 0 Å². The highest BCUT2D eigenvalue weighted by atomic mass is 19.1. The molecular formula is C27H41F. The lowest BCUT2D eigenvalue weighted by Crippen LogP contribution is -2.31. The van der Waals surface area contributed by atoms with Gasteiger partial charge in [-0.1, -0.05) is 82.9 Å². The number of rotatable bonds is 6. The molecule has 0 aromatic heterocycles. The summed E-state index contributed by atoms with van der Waals surface area (Å²) in [6.07, 6.45) is 19.9. The van der Waals surface area contributed by atoms with E-state index in [1.165, 1.54) is 89.9 Å². The van der Waals surface area contributed by atoms with Crippen LogP contribution < -0.4 is 0 Å². The third-order valence-corrected chi connectivity index (χ3v) is 8.71. The van der Waals surface area contributed by atoms with E-state index in [-0.39, 0.29) is 5.82 Å². The molecule has 3 aliphatic rings. The van der Waals surface area contributed by atoms with Crippen molar-refractivity contribution in [2.24, 2.45) is 29.6 Å². The van der Waals surface area contributed by atoms with E-state index in [1.54, 1.807) is 6.07 Å². The Bertz CT molecular complexity index is 600. The van der Waals surface area contributed by atoms with Gasteiger partial charge in [-0.15, -0.1) is 0 Å². The van der Waals surface area contributed by atoms with Gasteiger partial charge in [0.1, 0.15) is 5.82 Å². The first-order chi connectivity index (χ1) is 13.7. The molecule has 0 amide bonds. The summed E-state index contributed by atoms with van der Waals surface area (Å²) < 4.78 is 14.2. The molecule has 0 nitrogen and oxygen atoms in total. The molecule has 4 rings (SSSR count). The van der Waals surface area contributed by atoms with E-state index in [0.29, 0.717) is 5.92 Å². The highest BCUT2D eigenvalue weighted by molar-refractivity contribution is 5.22. The standard InChI is InChI=1S/C27H41F/c1-2-5-20-8-10-21(11-9-20)12-13-22-14-15-24-19-25(17-16-23(24)18-22)26-6-3-4-7-27(26)28/h3-4,6-7,20-25H,2,5,8-19H2,1H3. The summed E-state index contributed by atoms with van der Waals surface area (Å²) in [5.74, 6) is 5.34. The second kappa shape index (κ2) is 9.77. The van der Waals surface area contributed by atoms with Crippen LogP contribution in [0.4, 0.5) is 4.39 Å². The van der Waals surface area contributed by atoms with Crippen LogP contribution in [0.1, 0.15) is 108 Å². The highest BCUT2D eigenvalue weighted by Gasteiger charge is 2.36. The van der Waals surface area contributed by atoms with Crippen LogP contribution in [0.3, 0.4) is 0 Å². The molecule has 1 heteroatoms. The predicted octanol–water partition coefficient (Wildman–Crippen LogP) is 8.51. The molecule has 1 aromatic rings. The largest absolute Gasteiger partial charge is 0.207 e. The van der Waals surface area contributed by atoms with Crippen LogP contribution >= 0.6 is 0 Å². The van der Waals surface area contributed by atoms with Gasteiger partial charge in [0.05, 0.1) is 0 Å². The summed E-state index contributed by atoms with van der Waals surface area (Å²) in [5.41, 5.74) is 0.988. The van der Waals surface area contributed by atoms with Crippen molar-refractivity contribution in [3.05, 3.63) is 35.6 Å². The van der Waals surface area contributed by atoms with Crippen molar-refractivity contribution in [1.29, 1.82) is 0 Å². The lowest BCUT2D eigenvalue weighted by Gasteiger charge is -2.43. The van der Waals surface area contributed by atoms with E-state index < -0.39 is 0 Å².